The average Bonchev–Trinajstić information content (AvgIpc) is 2.38. The summed E-state index contributed by atoms with van der Waals surface area (Å²) >= 11 is 0. The highest BCUT2D eigenvalue weighted by atomic mass is 19.3. The van der Waals surface area contributed by atoms with Gasteiger partial charge in [-0.2, -0.15) is 0 Å². The number of rotatable bonds is 5. The van der Waals surface area contributed by atoms with Crippen LogP contribution in [0.25, 0.3) is 0 Å². The Bertz CT molecular complexity index is 433. The molecule has 0 radical (unpaired) electrons. The van der Waals surface area contributed by atoms with Gasteiger partial charge in [0.05, 0.1) is 12.7 Å². The van der Waals surface area contributed by atoms with Gasteiger partial charge in [-0.25, -0.2) is 13.8 Å². The number of ether oxygens (including phenoxy) is 1. The van der Waals surface area contributed by atoms with Crippen LogP contribution in [0.15, 0.2) is 17.3 Å². The van der Waals surface area contributed by atoms with Crippen molar-refractivity contribution in [3.63, 3.8) is 0 Å². The molecular weight excluding hydrogens is 238 g/mol. The summed E-state index contributed by atoms with van der Waals surface area (Å²) in [5.41, 5.74) is 1.09. The predicted octanol–water partition coefficient (Wildman–Crippen LogP) is 3.29. The Morgan fingerprint density at radius 3 is 2.72 bits per heavy atom. The molecule has 0 spiro atoms. The third-order valence-electron chi connectivity index (χ3n) is 2.97. The molecule has 0 N–H and O–H groups in total. The summed E-state index contributed by atoms with van der Waals surface area (Å²) in [5.74, 6) is -3.24. The Hall–Kier alpha value is -1.52. The number of aliphatic imine (C=N–C) groups is 1. The molecule has 0 fully saturated rings. The van der Waals surface area contributed by atoms with E-state index in [0.717, 1.165) is 0 Å². The topological polar surface area (TPSA) is 34.5 Å². The van der Waals surface area contributed by atoms with E-state index in [4.69, 9.17) is 4.74 Å². The number of pyridine rings is 1. The normalized spacial score (nSPS) is 13.9. The summed E-state index contributed by atoms with van der Waals surface area (Å²) < 4.78 is 32.3. The van der Waals surface area contributed by atoms with Crippen molar-refractivity contribution in [2.24, 2.45) is 4.99 Å². The smallest absolute Gasteiger partial charge is 0.254 e. The fourth-order valence-corrected chi connectivity index (χ4v) is 1.68. The van der Waals surface area contributed by atoms with Gasteiger partial charge in [-0.05, 0) is 11.6 Å². The molecule has 3 nitrogen and oxygen atoms in total. The van der Waals surface area contributed by atoms with Gasteiger partial charge in [0.25, 0.3) is 5.92 Å². The maximum atomic E-state index is 13.6. The first-order chi connectivity index (χ1) is 8.46. The lowest BCUT2D eigenvalue weighted by atomic mass is 9.93. The van der Waals surface area contributed by atoms with Crippen LogP contribution in [0.4, 0.5) is 8.78 Å². The first kappa shape index (κ1) is 14.5. The number of methoxy groups -OCH3 is 1. The van der Waals surface area contributed by atoms with Gasteiger partial charge < -0.3 is 4.74 Å². The minimum absolute atomic E-state index is 0.197. The van der Waals surface area contributed by atoms with E-state index in [9.17, 15) is 8.78 Å². The molecule has 1 aromatic rings. The quantitative estimate of drug-likeness (QED) is 0.758. The van der Waals surface area contributed by atoms with E-state index in [2.05, 4.69) is 9.98 Å². The molecule has 0 aliphatic carbocycles. The number of hydrogen-bond donors (Lipinski definition) is 0. The van der Waals surface area contributed by atoms with E-state index in [0.29, 0.717) is 17.0 Å². The molecule has 18 heavy (non-hydrogen) atoms. The minimum atomic E-state index is -2.74. The van der Waals surface area contributed by atoms with Crippen molar-refractivity contribution in [3.8, 4) is 5.88 Å². The van der Waals surface area contributed by atoms with Gasteiger partial charge >= 0.3 is 0 Å². The standard InChI is InChI=1S/C13H18F2N2O/c1-5-13(14,15)9(2)10-6-11(7-16-3)12(18-4)17-8-10/h6-9H,5H2,1-4H3. The molecule has 0 amide bonds. The number of halogens is 2. The Morgan fingerprint density at radius 1 is 1.56 bits per heavy atom. The maximum absolute atomic E-state index is 13.6. The molecule has 1 unspecified atom stereocenters. The SMILES string of the molecule is CCC(F)(F)C(C)c1cnc(OC)c(C=NC)c1. The summed E-state index contributed by atoms with van der Waals surface area (Å²) in [7, 11) is 3.09. The third kappa shape index (κ3) is 3.03. The summed E-state index contributed by atoms with van der Waals surface area (Å²) in [6.45, 7) is 2.97. The second-order valence-electron chi connectivity index (χ2n) is 4.09. The van der Waals surface area contributed by atoms with Crippen molar-refractivity contribution in [2.75, 3.05) is 14.2 Å². The fraction of sp³-hybridized carbons (Fsp3) is 0.538. The highest BCUT2D eigenvalue weighted by Gasteiger charge is 2.35. The Labute approximate surface area is 106 Å². The highest BCUT2D eigenvalue weighted by molar-refractivity contribution is 5.82. The molecule has 0 bridgehead atoms. The molecule has 1 atom stereocenters. The van der Waals surface area contributed by atoms with Crippen molar-refractivity contribution in [1.29, 1.82) is 0 Å². The lowest BCUT2D eigenvalue weighted by molar-refractivity contribution is -0.0260. The first-order valence-corrected chi connectivity index (χ1v) is 5.80. The lowest BCUT2D eigenvalue weighted by Gasteiger charge is -2.22. The van der Waals surface area contributed by atoms with Crippen LogP contribution < -0.4 is 4.74 Å². The molecule has 0 aromatic carbocycles. The number of alkyl halides is 2. The van der Waals surface area contributed by atoms with E-state index >= 15 is 0 Å². The van der Waals surface area contributed by atoms with E-state index in [1.165, 1.54) is 27.2 Å². The zero-order valence-electron chi connectivity index (χ0n) is 11.1. The molecule has 100 valence electrons. The van der Waals surface area contributed by atoms with Gasteiger partial charge in [-0.3, -0.25) is 4.99 Å². The van der Waals surface area contributed by atoms with Crippen molar-refractivity contribution < 1.29 is 13.5 Å². The van der Waals surface area contributed by atoms with Crippen molar-refractivity contribution >= 4 is 6.21 Å². The molecule has 0 saturated carbocycles. The van der Waals surface area contributed by atoms with Gasteiger partial charge in [-0.15, -0.1) is 0 Å². The van der Waals surface area contributed by atoms with Crippen LogP contribution in [0.1, 0.15) is 37.3 Å². The molecule has 5 heteroatoms. The zero-order valence-corrected chi connectivity index (χ0v) is 11.1. The zero-order chi connectivity index (χ0) is 13.8. The second-order valence-corrected chi connectivity index (χ2v) is 4.09. The third-order valence-corrected chi connectivity index (χ3v) is 2.97. The predicted molar refractivity (Wildman–Crippen MR) is 68.0 cm³/mol. The van der Waals surface area contributed by atoms with Crippen LogP contribution in [-0.2, 0) is 0 Å². The van der Waals surface area contributed by atoms with Crippen LogP contribution >= 0.6 is 0 Å². The van der Waals surface area contributed by atoms with Crippen LogP contribution in [0.3, 0.4) is 0 Å². The second kappa shape index (κ2) is 5.89. The number of nitrogens with zero attached hydrogens (tertiary/aromatic N) is 2. The Morgan fingerprint density at radius 2 is 2.22 bits per heavy atom. The van der Waals surface area contributed by atoms with Crippen molar-refractivity contribution in [2.45, 2.75) is 32.1 Å². The van der Waals surface area contributed by atoms with Gasteiger partial charge in [0, 0.05) is 31.8 Å². The molecule has 1 aromatic heterocycles. The van der Waals surface area contributed by atoms with E-state index < -0.39 is 11.8 Å². The maximum Gasteiger partial charge on any atom is 0.254 e. The van der Waals surface area contributed by atoms with Gasteiger partial charge in [0.2, 0.25) is 5.88 Å². The monoisotopic (exact) mass is 256 g/mol. The highest BCUT2D eigenvalue weighted by Crippen LogP contribution is 2.36. The number of hydrogen-bond acceptors (Lipinski definition) is 3. The number of aromatic nitrogens is 1. The van der Waals surface area contributed by atoms with Crippen molar-refractivity contribution in [3.05, 3.63) is 23.4 Å². The van der Waals surface area contributed by atoms with E-state index in [-0.39, 0.29) is 6.42 Å². The summed E-state index contributed by atoms with van der Waals surface area (Å²) in [6, 6.07) is 1.65. The molecule has 0 aliphatic rings. The van der Waals surface area contributed by atoms with Crippen LogP contribution in [0.5, 0.6) is 5.88 Å². The fourth-order valence-electron chi connectivity index (χ4n) is 1.68. The molecular formula is C13H18F2N2O. The molecule has 1 heterocycles. The summed E-state index contributed by atoms with van der Waals surface area (Å²) in [5, 5.41) is 0. The minimum Gasteiger partial charge on any atom is -0.481 e. The summed E-state index contributed by atoms with van der Waals surface area (Å²) in [6.07, 6.45) is 2.78. The van der Waals surface area contributed by atoms with Gasteiger partial charge in [-0.1, -0.05) is 13.8 Å². The van der Waals surface area contributed by atoms with Crippen LogP contribution in [0.2, 0.25) is 0 Å². The van der Waals surface area contributed by atoms with Crippen molar-refractivity contribution in [1.82, 2.24) is 4.98 Å². The van der Waals surface area contributed by atoms with E-state index in [1.54, 1.807) is 19.3 Å². The lowest BCUT2D eigenvalue weighted by Crippen LogP contribution is -2.23. The van der Waals surface area contributed by atoms with Gasteiger partial charge in [0.15, 0.2) is 0 Å². The van der Waals surface area contributed by atoms with Crippen LogP contribution in [-0.4, -0.2) is 31.3 Å². The Kier molecular flexibility index (Phi) is 4.76. The van der Waals surface area contributed by atoms with E-state index in [1.807, 2.05) is 0 Å². The molecule has 1 rings (SSSR count). The molecule has 0 aliphatic heterocycles. The largest absolute Gasteiger partial charge is 0.481 e. The first-order valence-electron chi connectivity index (χ1n) is 5.80. The van der Waals surface area contributed by atoms with Crippen LogP contribution in [0, 0.1) is 0 Å². The Balaban J connectivity index is 3.15. The average molecular weight is 256 g/mol. The molecule has 0 saturated heterocycles. The summed E-state index contributed by atoms with van der Waals surface area (Å²) in [4.78, 5) is 7.90. The van der Waals surface area contributed by atoms with Gasteiger partial charge in [0.1, 0.15) is 0 Å².